The summed E-state index contributed by atoms with van der Waals surface area (Å²) >= 11 is 0.377. The summed E-state index contributed by atoms with van der Waals surface area (Å²) in [6.07, 6.45) is 3.44. The molecular formula is C6H9N3OS. The van der Waals surface area contributed by atoms with E-state index < -0.39 is 0 Å². The van der Waals surface area contributed by atoms with Crippen LogP contribution in [0.4, 0.5) is 0 Å². The third-order valence-electron chi connectivity index (χ3n) is 1.31. The van der Waals surface area contributed by atoms with E-state index in [9.17, 15) is 4.21 Å². The normalized spacial score (nSPS) is 12.5. The number of aryl methyl sites for hydroxylation is 1. The third kappa shape index (κ3) is 1.99. The van der Waals surface area contributed by atoms with Crippen molar-refractivity contribution >= 4 is 16.6 Å². The van der Waals surface area contributed by atoms with E-state index in [1.54, 1.807) is 24.1 Å². The van der Waals surface area contributed by atoms with Crippen molar-refractivity contribution in [2.24, 2.45) is 12.8 Å². The predicted molar refractivity (Wildman–Crippen MR) is 44.3 cm³/mol. The molecule has 2 N–H and O–H groups in total. The van der Waals surface area contributed by atoms with Crippen molar-refractivity contribution in [1.29, 1.82) is 0 Å². The Morgan fingerprint density at radius 3 is 3.09 bits per heavy atom. The van der Waals surface area contributed by atoms with Crippen LogP contribution in [0.1, 0.15) is 11.6 Å². The summed E-state index contributed by atoms with van der Waals surface area (Å²) in [6.45, 7) is 0. The van der Waals surface area contributed by atoms with E-state index >= 15 is 0 Å². The van der Waals surface area contributed by atoms with Crippen molar-refractivity contribution in [3.8, 4) is 0 Å². The summed E-state index contributed by atoms with van der Waals surface area (Å²) in [5.74, 6) is 0. The molecule has 0 spiro atoms. The maximum atomic E-state index is 10.1. The van der Waals surface area contributed by atoms with Gasteiger partial charge in [0.2, 0.25) is 0 Å². The highest BCUT2D eigenvalue weighted by Gasteiger charge is 2.03. The Balaban J connectivity index is 2.84. The van der Waals surface area contributed by atoms with E-state index in [4.69, 9.17) is 5.73 Å². The first-order valence-corrected chi connectivity index (χ1v) is 3.90. The fraction of sp³-hybridized carbons (Fsp3) is 0.333. The molecule has 1 aromatic rings. The standard InChI is InChI=1S/C6H9N3OS/c1-9-3-5(2-8-9)6(7)4-11-10/h2-4,6H,7H2,1H3/t6-/m1/s1. The quantitative estimate of drug-likeness (QED) is 0.606. The lowest BCUT2D eigenvalue weighted by Crippen LogP contribution is -2.10. The number of rotatable bonds is 2. The highest BCUT2D eigenvalue weighted by Crippen LogP contribution is 2.04. The molecule has 0 fully saturated rings. The first-order valence-electron chi connectivity index (χ1n) is 3.10. The van der Waals surface area contributed by atoms with Crippen molar-refractivity contribution in [2.45, 2.75) is 6.04 Å². The van der Waals surface area contributed by atoms with Crippen molar-refractivity contribution in [1.82, 2.24) is 9.78 Å². The van der Waals surface area contributed by atoms with Gasteiger partial charge in [-0.05, 0) is 0 Å². The van der Waals surface area contributed by atoms with Crippen LogP contribution in [-0.2, 0) is 18.3 Å². The molecule has 1 heterocycles. The van der Waals surface area contributed by atoms with Gasteiger partial charge in [0.15, 0.2) is 0 Å². The Kier molecular flexibility index (Phi) is 2.56. The molecule has 0 radical (unpaired) electrons. The molecule has 1 atom stereocenters. The fourth-order valence-electron chi connectivity index (χ4n) is 0.751. The average molecular weight is 171 g/mol. The second-order valence-electron chi connectivity index (χ2n) is 2.21. The van der Waals surface area contributed by atoms with Gasteiger partial charge >= 0.3 is 0 Å². The summed E-state index contributed by atoms with van der Waals surface area (Å²) in [4.78, 5) is 0. The van der Waals surface area contributed by atoms with E-state index in [1.807, 2.05) is 0 Å². The zero-order valence-corrected chi connectivity index (χ0v) is 6.91. The average Bonchev–Trinajstić information content (AvgIpc) is 2.36. The van der Waals surface area contributed by atoms with Crippen LogP contribution in [0.25, 0.3) is 0 Å². The van der Waals surface area contributed by atoms with Gasteiger partial charge in [-0.3, -0.25) is 4.68 Å². The molecule has 0 saturated carbocycles. The number of nitrogens with two attached hydrogens (primary N) is 1. The first kappa shape index (κ1) is 8.16. The fourth-order valence-corrected chi connectivity index (χ4v) is 1.03. The van der Waals surface area contributed by atoms with Gasteiger partial charge in [0.05, 0.1) is 23.5 Å². The van der Waals surface area contributed by atoms with Crippen molar-refractivity contribution < 1.29 is 4.21 Å². The van der Waals surface area contributed by atoms with Crippen LogP contribution in [0.3, 0.4) is 0 Å². The van der Waals surface area contributed by atoms with Gasteiger partial charge in [-0.1, -0.05) is 0 Å². The smallest absolute Gasteiger partial charge is 0.0861 e. The molecule has 0 amide bonds. The summed E-state index contributed by atoms with van der Waals surface area (Å²) < 4.78 is 11.7. The van der Waals surface area contributed by atoms with Crippen LogP contribution in [-0.4, -0.2) is 19.4 Å². The molecule has 11 heavy (non-hydrogen) atoms. The van der Waals surface area contributed by atoms with E-state index in [2.05, 4.69) is 5.10 Å². The van der Waals surface area contributed by atoms with Gasteiger partial charge < -0.3 is 5.73 Å². The molecule has 60 valence electrons. The van der Waals surface area contributed by atoms with Gasteiger partial charge in [0.25, 0.3) is 0 Å². The van der Waals surface area contributed by atoms with Gasteiger partial charge in [-0.25, -0.2) is 4.21 Å². The molecule has 4 nitrogen and oxygen atoms in total. The maximum Gasteiger partial charge on any atom is 0.0861 e. The highest BCUT2D eigenvalue weighted by atomic mass is 32.1. The summed E-state index contributed by atoms with van der Waals surface area (Å²) in [6, 6.07) is -0.314. The first-order chi connectivity index (χ1) is 5.24. The Hall–Kier alpha value is -0.940. The SMILES string of the molecule is Cn1cc([C@H](N)C=S=O)cn1. The summed E-state index contributed by atoms with van der Waals surface area (Å²) in [7, 11) is 1.81. The number of aromatic nitrogens is 2. The number of nitrogens with zero attached hydrogens (tertiary/aromatic N) is 2. The molecule has 0 aliphatic carbocycles. The summed E-state index contributed by atoms with van der Waals surface area (Å²) in [5.41, 5.74) is 6.45. The van der Waals surface area contributed by atoms with Crippen molar-refractivity contribution in [2.75, 3.05) is 0 Å². The molecule has 5 heteroatoms. The zero-order valence-electron chi connectivity index (χ0n) is 6.10. The van der Waals surface area contributed by atoms with Crippen molar-refractivity contribution in [3.05, 3.63) is 18.0 Å². The Morgan fingerprint density at radius 2 is 2.64 bits per heavy atom. The van der Waals surface area contributed by atoms with Gasteiger partial charge in [-0.2, -0.15) is 5.10 Å². The zero-order chi connectivity index (χ0) is 8.27. The lowest BCUT2D eigenvalue weighted by Gasteiger charge is -1.97. The third-order valence-corrected chi connectivity index (χ3v) is 1.72. The topological polar surface area (TPSA) is 60.9 Å². The van der Waals surface area contributed by atoms with Gasteiger partial charge in [0, 0.05) is 24.2 Å². The van der Waals surface area contributed by atoms with Gasteiger partial charge in [0.1, 0.15) is 0 Å². The molecule has 0 aromatic carbocycles. The Labute approximate surface area is 68.1 Å². The molecule has 0 unspecified atom stereocenters. The maximum absolute atomic E-state index is 10.1. The molecule has 0 bridgehead atoms. The minimum atomic E-state index is -0.314. The molecule has 1 aromatic heterocycles. The minimum absolute atomic E-state index is 0.314. The van der Waals surface area contributed by atoms with E-state index in [1.165, 1.54) is 5.37 Å². The Morgan fingerprint density at radius 1 is 1.91 bits per heavy atom. The Bertz CT molecular complexity index is 290. The summed E-state index contributed by atoms with van der Waals surface area (Å²) in [5, 5.41) is 5.35. The largest absolute Gasteiger partial charge is 0.320 e. The second-order valence-corrected chi connectivity index (χ2v) is 2.67. The predicted octanol–water partition coefficient (Wildman–Crippen LogP) is -0.565. The van der Waals surface area contributed by atoms with Crippen LogP contribution in [0, 0.1) is 0 Å². The van der Waals surface area contributed by atoms with Crippen LogP contribution in [0.15, 0.2) is 12.4 Å². The van der Waals surface area contributed by atoms with E-state index in [-0.39, 0.29) is 6.04 Å². The molecular weight excluding hydrogens is 162 g/mol. The molecule has 0 saturated heterocycles. The lowest BCUT2D eigenvalue weighted by molar-refractivity contribution is 0.701. The second kappa shape index (κ2) is 3.45. The molecule has 0 aliphatic rings. The molecule has 1 rings (SSSR count). The van der Waals surface area contributed by atoms with Crippen LogP contribution >= 0.6 is 0 Å². The van der Waals surface area contributed by atoms with Gasteiger partial charge in [-0.15, -0.1) is 0 Å². The van der Waals surface area contributed by atoms with Crippen LogP contribution in [0.5, 0.6) is 0 Å². The number of hydrogen-bond donors (Lipinski definition) is 1. The van der Waals surface area contributed by atoms with Crippen molar-refractivity contribution in [3.63, 3.8) is 0 Å². The monoisotopic (exact) mass is 171 g/mol. The molecule has 0 aliphatic heterocycles. The lowest BCUT2D eigenvalue weighted by atomic mass is 10.2. The van der Waals surface area contributed by atoms with Crippen LogP contribution < -0.4 is 5.73 Å². The minimum Gasteiger partial charge on any atom is -0.320 e. The highest BCUT2D eigenvalue weighted by molar-refractivity contribution is 7.64. The van der Waals surface area contributed by atoms with E-state index in [0.717, 1.165) is 5.56 Å². The van der Waals surface area contributed by atoms with Crippen LogP contribution in [0.2, 0.25) is 0 Å². The number of hydrogen-bond acceptors (Lipinski definition) is 3. The van der Waals surface area contributed by atoms with E-state index in [0.29, 0.717) is 11.3 Å².